The summed E-state index contributed by atoms with van der Waals surface area (Å²) in [5.74, 6) is 1.61. The molecular formula is C17H27N. The van der Waals surface area contributed by atoms with E-state index in [9.17, 15) is 0 Å². The molecule has 0 amide bonds. The van der Waals surface area contributed by atoms with E-state index < -0.39 is 0 Å². The molecule has 0 aromatic heterocycles. The van der Waals surface area contributed by atoms with Gasteiger partial charge in [-0.3, -0.25) is 0 Å². The molecule has 1 aliphatic rings. The summed E-state index contributed by atoms with van der Waals surface area (Å²) in [5, 5.41) is 3.72. The third kappa shape index (κ3) is 4.45. The fourth-order valence-corrected chi connectivity index (χ4v) is 2.69. The van der Waals surface area contributed by atoms with E-state index in [2.05, 4.69) is 49.5 Å². The Morgan fingerprint density at radius 1 is 1.22 bits per heavy atom. The molecule has 1 aromatic rings. The zero-order valence-electron chi connectivity index (χ0n) is 11.9. The Kier molecular flexibility index (Phi) is 5.25. The molecule has 0 radical (unpaired) electrons. The van der Waals surface area contributed by atoms with Gasteiger partial charge >= 0.3 is 0 Å². The zero-order chi connectivity index (χ0) is 12.8. The van der Waals surface area contributed by atoms with Gasteiger partial charge in [0.25, 0.3) is 0 Å². The molecule has 18 heavy (non-hydrogen) atoms. The van der Waals surface area contributed by atoms with Gasteiger partial charge in [-0.05, 0) is 43.2 Å². The van der Waals surface area contributed by atoms with Crippen molar-refractivity contribution in [2.75, 3.05) is 6.54 Å². The molecule has 2 unspecified atom stereocenters. The van der Waals surface area contributed by atoms with Crippen LogP contribution in [0.4, 0.5) is 0 Å². The minimum atomic E-state index is 0.785. The van der Waals surface area contributed by atoms with Gasteiger partial charge in [0.2, 0.25) is 0 Å². The fourth-order valence-electron chi connectivity index (χ4n) is 2.69. The Hall–Kier alpha value is -0.820. The van der Waals surface area contributed by atoms with Crippen molar-refractivity contribution in [3.8, 4) is 0 Å². The van der Waals surface area contributed by atoms with Gasteiger partial charge in [-0.15, -0.1) is 0 Å². The predicted octanol–water partition coefficient (Wildman–Crippen LogP) is 4.03. The highest BCUT2D eigenvalue weighted by molar-refractivity contribution is 5.15. The van der Waals surface area contributed by atoms with E-state index in [1.807, 2.05) is 0 Å². The first kappa shape index (κ1) is 13.6. The van der Waals surface area contributed by atoms with Crippen molar-refractivity contribution >= 4 is 0 Å². The summed E-state index contributed by atoms with van der Waals surface area (Å²) in [5.41, 5.74) is 1.49. The molecular weight excluding hydrogens is 218 g/mol. The lowest BCUT2D eigenvalue weighted by atomic mass is 9.85. The molecule has 0 saturated heterocycles. The van der Waals surface area contributed by atoms with Gasteiger partial charge in [0.15, 0.2) is 0 Å². The van der Waals surface area contributed by atoms with Crippen LogP contribution in [0.3, 0.4) is 0 Å². The van der Waals surface area contributed by atoms with Crippen LogP contribution in [0.1, 0.15) is 45.1 Å². The lowest BCUT2D eigenvalue weighted by Gasteiger charge is -2.24. The normalized spacial score (nSPS) is 18.6. The molecule has 0 heterocycles. The maximum Gasteiger partial charge on any atom is 0.00683 e. The zero-order valence-corrected chi connectivity index (χ0v) is 11.9. The Labute approximate surface area is 112 Å². The third-order valence-electron chi connectivity index (χ3n) is 4.14. The van der Waals surface area contributed by atoms with Crippen LogP contribution in [0, 0.1) is 11.8 Å². The molecule has 0 aliphatic heterocycles. The topological polar surface area (TPSA) is 12.0 Å². The maximum atomic E-state index is 3.72. The van der Waals surface area contributed by atoms with Crippen LogP contribution in [-0.2, 0) is 6.42 Å². The molecule has 1 N–H and O–H groups in total. The summed E-state index contributed by atoms with van der Waals surface area (Å²) < 4.78 is 0. The van der Waals surface area contributed by atoms with Crippen LogP contribution in [0.15, 0.2) is 30.3 Å². The Morgan fingerprint density at radius 2 is 1.94 bits per heavy atom. The van der Waals surface area contributed by atoms with E-state index in [1.54, 1.807) is 0 Å². The van der Waals surface area contributed by atoms with Crippen LogP contribution in [-0.4, -0.2) is 12.6 Å². The second-order valence-corrected chi connectivity index (χ2v) is 5.90. The fraction of sp³-hybridized carbons (Fsp3) is 0.647. The Morgan fingerprint density at radius 3 is 2.56 bits per heavy atom. The van der Waals surface area contributed by atoms with Crippen molar-refractivity contribution in [1.29, 1.82) is 0 Å². The highest BCUT2D eigenvalue weighted by Gasteiger charge is 2.24. The van der Waals surface area contributed by atoms with E-state index in [1.165, 1.54) is 44.2 Å². The SMILES string of the molecule is CCCC(C)C(CNC1CC1)Cc1ccccc1. The highest BCUT2D eigenvalue weighted by Crippen LogP contribution is 2.24. The summed E-state index contributed by atoms with van der Waals surface area (Å²) >= 11 is 0. The minimum absolute atomic E-state index is 0.785. The molecule has 1 heteroatoms. The van der Waals surface area contributed by atoms with Crippen LogP contribution in [0.5, 0.6) is 0 Å². The highest BCUT2D eigenvalue weighted by atomic mass is 14.9. The van der Waals surface area contributed by atoms with E-state index in [4.69, 9.17) is 0 Å². The van der Waals surface area contributed by atoms with Crippen LogP contribution in [0.2, 0.25) is 0 Å². The number of benzene rings is 1. The first-order valence-electron chi connectivity index (χ1n) is 7.57. The molecule has 0 spiro atoms. The maximum absolute atomic E-state index is 3.72. The predicted molar refractivity (Wildman–Crippen MR) is 78.7 cm³/mol. The van der Waals surface area contributed by atoms with Gasteiger partial charge in [0.1, 0.15) is 0 Å². The van der Waals surface area contributed by atoms with Crippen LogP contribution < -0.4 is 5.32 Å². The number of rotatable bonds is 8. The standard InChI is InChI=1S/C17H27N/c1-3-7-14(2)16(13-18-17-10-11-17)12-15-8-5-4-6-9-15/h4-6,8-9,14,16-18H,3,7,10-13H2,1-2H3. The van der Waals surface area contributed by atoms with Crippen molar-refractivity contribution in [3.63, 3.8) is 0 Å². The van der Waals surface area contributed by atoms with E-state index in [-0.39, 0.29) is 0 Å². The van der Waals surface area contributed by atoms with Gasteiger partial charge < -0.3 is 5.32 Å². The van der Waals surface area contributed by atoms with Gasteiger partial charge in [0, 0.05) is 6.04 Å². The largest absolute Gasteiger partial charge is 0.314 e. The van der Waals surface area contributed by atoms with Crippen molar-refractivity contribution < 1.29 is 0 Å². The molecule has 100 valence electrons. The second-order valence-electron chi connectivity index (χ2n) is 5.90. The van der Waals surface area contributed by atoms with Gasteiger partial charge in [-0.2, -0.15) is 0 Å². The van der Waals surface area contributed by atoms with Gasteiger partial charge in [-0.25, -0.2) is 0 Å². The van der Waals surface area contributed by atoms with Crippen molar-refractivity contribution in [3.05, 3.63) is 35.9 Å². The Balaban J connectivity index is 1.89. The first-order chi connectivity index (χ1) is 8.79. The summed E-state index contributed by atoms with van der Waals surface area (Å²) in [6, 6.07) is 11.8. The van der Waals surface area contributed by atoms with Crippen molar-refractivity contribution in [1.82, 2.24) is 5.32 Å². The van der Waals surface area contributed by atoms with Crippen molar-refractivity contribution in [2.24, 2.45) is 11.8 Å². The van der Waals surface area contributed by atoms with Gasteiger partial charge in [0.05, 0.1) is 0 Å². The number of hydrogen-bond acceptors (Lipinski definition) is 1. The minimum Gasteiger partial charge on any atom is -0.314 e. The first-order valence-corrected chi connectivity index (χ1v) is 7.57. The molecule has 0 bridgehead atoms. The summed E-state index contributed by atoms with van der Waals surface area (Å²) in [6.45, 7) is 5.91. The quantitative estimate of drug-likeness (QED) is 0.729. The molecule has 2 rings (SSSR count). The van der Waals surface area contributed by atoms with E-state index in [0.717, 1.165) is 17.9 Å². The number of nitrogens with one attached hydrogen (secondary N) is 1. The average Bonchev–Trinajstić information content (AvgIpc) is 3.20. The van der Waals surface area contributed by atoms with Crippen molar-refractivity contribution in [2.45, 2.75) is 52.0 Å². The van der Waals surface area contributed by atoms with Gasteiger partial charge in [-0.1, -0.05) is 57.0 Å². The summed E-state index contributed by atoms with van der Waals surface area (Å²) in [4.78, 5) is 0. The second kappa shape index (κ2) is 6.94. The average molecular weight is 245 g/mol. The number of hydrogen-bond donors (Lipinski definition) is 1. The monoisotopic (exact) mass is 245 g/mol. The molecule has 1 nitrogen and oxygen atoms in total. The molecule has 1 aromatic carbocycles. The third-order valence-corrected chi connectivity index (χ3v) is 4.14. The lowest BCUT2D eigenvalue weighted by molar-refractivity contribution is 0.317. The molecule has 1 fully saturated rings. The smallest absolute Gasteiger partial charge is 0.00683 e. The van der Waals surface area contributed by atoms with Crippen LogP contribution >= 0.6 is 0 Å². The van der Waals surface area contributed by atoms with E-state index >= 15 is 0 Å². The lowest BCUT2D eigenvalue weighted by Crippen LogP contribution is -2.30. The molecule has 2 atom stereocenters. The Bertz CT molecular complexity index is 329. The van der Waals surface area contributed by atoms with E-state index in [0.29, 0.717) is 0 Å². The molecule has 1 saturated carbocycles. The summed E-state index contributed by atoms with van der Waals surface area (Å²) in [7, 11) is 0. The molecule has 1 aliphatic carbocycles. The van der Waals surface area contributed by atoms with Crippen LogP contribution in [0.25, 0.3) is 0 Å². The summed E-state index contributed by atoms with van der Waals surface area (Å²) in [6.07, 6.45) is 6.65.